The Bertz CT molecular complexity index is 632. The van der Waals surface area contributed by atoms with E-state index in [1.54, 1.807) is 30.2 Å². The second-order valence-corrected chi connectivity index (χ2v) is 6.10. The first kappa shape index (κ1) is 17.3. The lowest BCUT2D eigenvalue weighted by Gasteiger charge is -2.10. The summed E-state index contributed by atoms with van der Waals surface area (Å²) < 4.78 is 5.59. The quantitative estimate of drug-likeness (QED) is 0.752. The van der Waals surface area contributed by atoms with Gasteiger partial charge in [0.05, 0.1) is 17.2 Å². The van der Waals surface area contributed by atoms with Gasteiger partial charge in [0.25, 0.3) is 5.91 Å². The molecule has 2 aromatic heterocycles. The number of carbonyl (C=O) groups excluding carboxylic acids is 1. The Balaban J connectivity index is 1.96. The number of nitrogens with one attached hydrogen (secondary N) is 1. The number of nitrogens with zero attached hydrogens (tertiary/aromatic N) is 2. The Morgan fingerprint density at radius 3 is 2.83 bits per heavy atom. The maximum Gasteiger partial charge on any atom is 0.253 e. The number of rotatable bonds is 8. The van der Waals surface area contributed by atoms with E-state index in [2.05, 4.69) is 22.2 Å². The molecule has 6 heteroatoms. The topological polar surface area (TPSA) is 64.1 Å². The van der Waals surface area contributed by atoms with Gasteiger partial charge in [0.1, 0.15) is 0 Å². The van der Waals surface area contributed by atoms with Crippen molar-refractivity contribution in [2.75, 3.05) is 12.4 Å². The minimum absolute atomic E-state index is 0.157. The first-order valence-corrected chi connectivity index (χ1v) is 8.66. The Labute approximate surface area is 140 Å². The summed E-state index contributed by atoms with van der Waals surface area (Å²) in [5.41, 5.74) is 1.41. The molecule has 0 bridgehead atoms. The number of hydrogen-bond acceptors (Lipinski definition) is 5. The van der Waals surface area contributed by atoms with Gasteiger partial charge in [-0.25, -0.2) is 9.97 Å². The standard InChI is InChI=1S/C17H21N3O2S/c1-3-10-22-17-14(6-5-9-18-17)12-20-16(21)13-7-8-15(19-11-13)23-4-2/h5-9,11H,3-4,10,12H2,1-2H3,(H,20,21). The number of hydrogen-bond donors (Lipinski definition) is 1. The highest BCUT2D eigenvalue weighted by Gasteiger charge is 2.09. The van der Waals surface area contributed by atoms with Gasteiger partial charge in [0, 0.05) is 24.5 Å². The summed E-state index contributed by atoms with van der Waals surface area (Å²) in [5.74, 6) is 1.37. The predicted octanol–water partition coefficient (Wildman–Crippen LogP) is 3.31. The highest BCUT2D eigenvalue weighted by atomic mass is 32.2. The molecule has 0 fully saturated rings. The highest BCUT2D eigenvalue weighted by Crippen LogP contribution is 2.16. The Morgan fingerprint density at radius 1 is 1.26 bits per heavy atom. The molecule has 1 N–H and O–H groups in total. The van der Waals surface area contributed by atoms with E-state index in [0.717, 1.165) is 22.8 Å². The van der Waals surface area contributed by atoms with Crippen LogP contribution in [0.2, 0.25) is 0 Å². The first-order chi connectivity index (χ1) is 11.2. The molecule has 0 saturated heterocycles. The largest absolute Gasteiger partial charge is 0.477 e. The molecule has 0 spiro atoms. The van der Waals surface area contributed by atoms with Crippen molar-refractivity contribution in [3.63, 3.8) is 0 Å². The number of amides is 1. The fraction of sp³-hybridized carbons (Fsp3) is 0.353. The second-order valence-electron chi connectivity index (χ2n) is 4.82. The first-order valence-electron chi connectivity index (χ1n) is 7.68. The SMILES string of the molecule is CCCOc1ncccc1CNC(=O)c1ccc(SCC)nc1. The summed E-state index contributed by atoms with van der Waals surface area (Å²) in [4.78, 5) is 20.7. The number of aromatic nitrogens is 2. The molecule has 2 aromatic rings. The van der Waals surface area contributed by atoms with E-state index in [1.165, 1.54) is 0 Å². The maximum atomic E-state index is 12.2. The Kier molecular flexibility index (Phi) is 6.87. The van der Waals surface area contributed by atoms with Crippen LogP contribution in [-0.4, -0.2) is 28.2 Å². The molecule has 5 nitrogen and oxygen atoms in total. The van der Waals surface area contributed by atoms with E-state index in [0.29, 0.717) is 24.6 Å². The van der Waals surface area contributed by atoms with Crippen molar-refractivity contribution in [2.45, 2.75) is 31.8 Å². The van der Waals surface area contributed by atoms with Gasteiger partial charge in [-0.1, -0.05) is 19.9 Å². The third kappa shape index (κ3) is 5.25. The van der Waals surface area contributed by atoms with Crippen LogP contribution in [0.15, 0.2) is 41.7 Å². The smallest absolute Gasteiger partial charge is 0.253 e. The summed E-state index contributed by atoms with van der Waals surface area (Å²) in [6.45, 7) is 5.09. The van der Waals surface area contributed by atoms with Crippen molar-refractivity contribution in [2.24, 2.45) is 0 Å². The Hall–Kier alpha value is -2.08. The van der Waals surface area contributed by atoms with Crippen LogP contribution in [0.3, 0.4) is 0 Å². The van der Waals surface area contributed by atoms with Crippen LogP contribution in [0, 0.1) is 0 Å². The molecule has 2 heterocycles. The molecule has 0 atom stereocenters. The van der Waals surface area contributed by atoms with E-state index in [1.807, 2.05) is 25.1 Å². The van der Waals surface area contributed by atoms with Crippen LogP contribution < -0.4 is 10.1 Å². The fourth-order valence-electron chi connectivity index (χ4n) is 1.91. The molecule has 0 unspecified atom stereocenters. The summed E-state index contributed by atoms with van der Waals surface area (Å²) in [7, 11) is 0. The van der Waals surface area contributed by atoms with Gasteiger partial charge in [0.2, 0.25) is 5.88 Å². The minimum Gasteiger partial charge on any atom is -0.477 e. The van der Waals surface area contributed by atoms with Crippen LogP contribution in [0.4, 0.5) is 0 Å². The molecular formula is C17H21N3O2S. The predicted molar refractivity (Wildman–Crippen MR) is 91.8 cm³/mol. The number of pyridine rings is 2. The molecule has 0 aromatic carbocycles. The summed E-state index contributed by atoms with van der Waals surface area (Å²) in [5, 5.41) is 3.80. The van der Waals surface area contributed by atoms with Crippen LogP contribution in [0.25, 0.3) is 0 Å². The number of ether oxygens (including phenoxy) is 1. The number of carbonyl (C=O) groups is 1. The van der Waals surface area contributed by atoms with E-state index < -0.39 is 0 Å². The lowest BCUT2D eigenvalue weighted by atomic mass is 10.2. The van der Waals surface area contributed by atoms with Gasteiger partial charge in [0.15, 0.2) is 0 Å². The van der Waals surface area contributed by atoms with E-state index >= 15 is 0 Å². The average Bonchev–Trinajstić information content (AvgIpc) is 2.59. The lowest BCUT2D eigenvalue weighted by Crippen LogP contribution is -2.23. The third-order valence-electron chi connectivity index (χ3n) is 3.02. The van der Waals surface area contributed by atoms with Gasteiger partial charge < -0.3 is 10.1 Å². The van der Waals surface area contributed by atoms with Gasteiger partial charge in [-0.3, -0.25) is 4.79 Å². The fourth-order valence-corrected chi connectivity index (χ4v) is 2.50. The minimum atomic E-state index is -0.157. The summed E-state index contributed by atoms with van der Waals surface area (Å²) >= 11 is 1.65. The molecule has 0 radical (unpaired) electrons. The normalized spacial score (nSPS) is 10.3. The van der Waals surface area contributed by atoms with Crippen molar-refractivity contribution in [1.29, 1.82) is 0 Å². The molecule has 0 saturated carbocycles. The van der Waals surface area contributed by atoms with Crippen LogP contribution in [0.1, 0.15) is 36.2 Å². The van der Waals surface area contributed by atoms with E-state index in [-0.39, 0.29) is 5.91 Å². The van der Waals surface area contributed by atoms with E-state index in [9.17, 15) is 4.79 Å². The molecule has 23 heavy (non-hydrogen) atoms. The van der Waals surface area contributed by atoms with Crippen molar-refractivity contribution < 1.29 is 9.53 Å². The monoisotopic (exact) mass is 331 g/mol. The zero-order valence-electron chi connectivity index (χ0n) is 13.4. The zero-order valence-corrected chi connectivity index (χ0v) is 14.2. The van der Waals surface area contributed by atoms with Crippen molar-refractivity contribution in [3.05, 3.63) is 47.8 Å². The average molecular weight is 331 g/mol. The van der Waals surface area contributed by atoms with Crippen LogP contribution in [0.5, 0.6) is 5.88 Å². The molecule has 2 rings (SSSR count). The van der Waals surface area contributed by atoms with Crippen LogP contribution >= 0.6 is 11.8 Å². The van der Waals surface area contributed by atoms with Gasteiger partial charge in [-0.05, 0) is 30.4 Å². The maximum absolute atomic E-state index is 12.2. The number of thioether (sulfide) groups is 1. The lowest BCUT2D eigenvalue weighted by molar-refractivity contribution is 0.0950. The van der Waals surface area contributed by atoms with Crippen molar-refractivity contribution in [1.82, 2.24) is 15.3 Å². The molecule has 122 valence electrons. The molecule has 0 aliphatic heterocycles. The van der Waals surface area contributed by atoms with Crippen molar-refractivity contribution in [3.8, 4) is 5.88 Å². The van der Waals surface area contributed by atoms with Gasteiger partial charge in [-0.2, -0.15) is 0 Å². The molecule has 0 aliphatic carbocycles. The van der Waals surface area contributed by atoms with Gasteiger partial charge in [-0.15, -0.1) is 11.8 Å². The molecule has 1 amide bonds. The van der Waals surface area contributed by atoms with Gasteiger partial charge >= 0.3 is 0 Å². The summed E-state index contributed by atoms with van der Waals surface area (Å²) in [6, 6.07) is 7.39. The van der Waals surface area contributed by atoms with Crippen molar-refractivity contribution >= 4 is 17.7 Å². The molecule has 0 aliphatic rings. The Morgan fingerprint density at radius 2 is 2.13 bits per heavy atom. The van der Waals surface area contributed by atoms with Crippen LogP contribution in [-0.2, 0) is 6.54 Å². The van der Waals surface area contributed by atoms with E-state index in [4.69, 9.17) is 4.74 Å². The second kappa shape index (κ2) is 9.15. The molecular weight excluding hydrogens is 310 g/mol. The highest BCUT2D eigenvalue weighted by molar-refractivity contribution is 7.99. The third-order valence-corrected chi connectivity index (χ3v) is 3.85. The zero-order chi connectivity index (χ0) is 16.5. The summed E-state index contributed by atoms with van der Waals surface area (Å²) in [6.07, 6.45) is 4.20.